The van der Waals surface area contributed by atoms with Crippen LogP contribution in [0.5, 0.6) is 0 Å². The van der Waals surface area contributed by atoms with Crippen LogP contribution in [-0.2, 0) is 0 Å². The van der Waals surface area contributed by atoms with Crippen molar-refractivity contribution in [2.45, 2.75) is 0 Å². The van der Waals surface area contributed by atoms with Gasteiger partial charge < -0.3 is 12.9 Å². The number of benzene rings is 1. The molecular weight excluding hydrogens is 339 g/mol. The van der Waals surface area contributed by atoms with Crippen molar-refractivity contribution in [3.05, 3.63) is 27.1 Å². The fraction of sp³-hybridized carbons (Fsp3) is 0. The molecule has 13 heavy (non-hydrogen) atoms. The second-order valence-electron chi connectivity index (χ2n) is 2.21. The Morgan fingerprint density at radius 1 is 1.00 bits per heavy atom. The smallest absolute Gasteiger partial charge is 0.445 e. The van der Waals surface area contributed by atoms with Crippen LogP contribution in [0.25, 0.3) is 0 Å². The predicted molar refractivity (Wildman–Crippen MR) is 50.6 cm³/mol. The first-order valence-electron chi connectivity index (χ1n) is 3.07. The van der Waals surface area contributed by atoms with Gasteiger partial charge in [0.05, 0.1) is 0 Å². The molecule has 7 heteroatoms. The Hall–Kier alpha value is 1.67. The van der Waals surface area contributed by atoms with Crippen molar-refractivity contribution < 1.29 is 64.3 Å². The zero-order valence-corrected chi connectivity index (χ0v) is 13.0. The number of rotatable bonds is 1. The van der Waals surface area contributed by atoms with Crippen molar-refractivity contribution in [3.8, 4) is 0 Å². The van der Waals surface area contributed by atoms with Gasteiger partial charge in [-0.25, -0.2) is 0 Å². The fourth-order valence-corrected chi connectivity index (χ4v) is 2.34. The summed E-state index contributed by atoms with van der Waals surface area (Å²) >= 11 is 5.70. The van der Waals surface area contributed by atoms with E-state index in [-0.39, 0.29) is 60.3 Å². The molecule has 0 saturated carbocycles. The van der Waals surface area contributed by atoms with Crippen molar-refractivity contribution in [2.24, 2.45) is 0 Å². The molecule has 0 N–H and O–H groups in total. The molecule has 1 aromatic rings. The number of hydrogen-bond acceptors (Lipinski definition) is 0. The zero-order chi connectivity index (χ0) is 9.35. The van der Waals surface area contributed by atoms with Gasteiger partial charge in [-0.3, -0.25) is 0 Å². The first-order chi connectivity index (χ1) is 5.43. The third kappa shape index (κ3) is 3.97. The summed E-state index contributed by atoms with van der Waals surface area (Å²) in [7, 11) is 0. The molecule has 0 nitrogen and oxygen atoms in total. The first kappa shape index (κ1) is 14.7. The Morgan fingerprint density at radius 2 is 1.38 bits per heavy atom. The second-order valence-corrected chi connectivity index (χ2v) is 3.92. The molecule has 0 radical (unpaired) electrons. The van der Waals surface area contributed by atoms with Gasteiger partial charge in [0, 0.05) is 0 Å². The van der Waals surface area contributed by atoms with E-state index < -0.39 is 12.4 Å². The van der Waals surface area contributed by atoms with E-state index in [0.29, 0.717) is 0 Å². The van der Waals surface area contributed by atoms with E-state index in [0.717, 1.165) is 0 Å². The van der Waals surface area contributed by atoms with Crippen LogP contribution in [0.15, 0.2) is 27.1 Å². The molecule has 0 aliphatic rings. The topological polar surface area (TPSA) is 0 Å². The van der Waals surface area contributed by atoms with Crippen LogP contribution < -0.4 is 56.8 Å². The van der Waals surface area contributed by atoms with Crippen molar-refractivity contribution in [3.63, 3.8) is 0 Å². The molecular formula is C6H3BBr2F3K. The number of halogens is 5. The van der Waals surface area contributed by atoms with Gasteiger partial charge >= 0.3 is 58.4 Å². The Kier molecular flexibility index (Phi) is 6.40. The van der Waals surface area contributed by atoms with Gasteiger partial charge in [0.15, 0.2) is 0 Å². The Balaban J connectivity index is 0.00000144. The maximum absolute atomic E-state index is 12.3. The zero-order valence-electron chi connectivity index (χ0n) is 6.70. The molecule has 0 atom stereocenters. The van der Waals surface area contributed by atoms with Gasteiger partial charge in [-0.2, -0.15) is 0 Å². The third-order valence-corrected chi connectivity index (χ3v) is 2.71. The molecule has 0 spiro atoms. The minimum atomic E-state index is -4.95. The summed E-state index contributed by atoms with van der Waals surface area (Å²) in [4.78, 5) is 0. The van der Waals surface area contributed by atoms with E-state index in [1.807, 2.05) is 0 Å². The fourth-order valence-electron chi connectivity index (χ4n) is 0.823. The maximum atomic E-state index is 12.3. The summed E-state index contributed by atoms with van der Waals surface area (Å²) in [5.74, 6) is 0. The Morgan fingerprint density at radius 3 is 1.62 bits per heavy atom. The van der Waals surface area contributed by atoms with Gasteiger partial charge in [0.1, 0.15) is 0 Å². The quantitative estimate of drug-likeness (QED) is 0.643. The summed E-state index contributed by atoms with van der Waals surface area (Å²) in [6.45, 7) is -4.95. The molecule has 0 amide bonds. The van der Waals surface area contributed by atoms with Crippen LogP contribution in [-0.4, -0.2) is 6.98 Å². The van der Waals surface area contributed by atoms with Crippen LogP contribution in [0, 0.1) is 0 Å². The van der Waals surface area contributed by atoms with Crippen LogP contribution in [0.1, 0.15) is 0 Å². The van der Waals surface area contributed by atoms with Gasteiger partial charge in [0.25, 0.3) is 0 Å². The molecule has 1 rings (SSSR count). The molecule has 1 aromatic carbocycles. The predicted octanol–water partition coefficient (Wildman–Crippen LogP) is 0.270. The standard InChI is InChI=1S/C6H3BBr2F3.K/c8-4-2-1-3-5(9)6(4)7(10,11)12;/h1-3H;/q-1;+1. The van der Waals surface area contributed by atoms with E-state index >= 15 is 0 Å². The van der Waals surface area contributed by atoms with Crippen LogP contribution in [0.2, 0.25) is 0 Å². The minimum Gasteiger partial charge on any atom is -0.445 e. The van der Waals surface area contributed by atoms with Gasteiger partial charge in [-0.1, -0.05) is 55.5 Å². The molecule has 0 heterocycles. The van der Waals surface area contributed by atoms with E-state index in [1.54, 1.807) is 6.07 Å². The molecule has 0 unspecified atom stereocenters. The van der Waals surface area contributed by atoms with Crippen molar-refractivity contribution in [1.29, 1.82) is 0 Å². The van der Waals surface area contributed by atoms with Gasteiger partial charge in [-0.05, 0) is 8.95 Å². The summed E-state index contributed by atoms with van der Waals surface area (Å²) in [5, 5.41) is 0. The molecule has 0 aromatic heterocycles. The summed E-state index contributed by atoms with van der Waals surface area (Å²) < 4.78 is 37.1. The minimum absolute atomic E-state index is 0. The van der Waals surface area contributed by atoms with E-state index in [1.165, 1.54) is 12.1 Å². The summed E-state index contributed by atoms with van der Waals surface area (Å²) in [6.07, 6.45) is 0. The third-order valence-electron chi connectivity index (χ3n) is 1.33. The first-order valence-corrected chi connectivity index (χ1v) is 4.65. The molecule has 0 aliphatic carbocycles. The van der Waals surface area contributed by atoms with Crippen molar-refractivity contribution in [1.82, 2.24) is 0 Å². The maximum Gasteiger partial charge on any atom is 1.00 e. The summed E-state index contributed by atoms with van der Waals surface area (Å²) in [5.41, 5.74) is -0.613. The Bertz CT molecular complexity index is 282. The van der Waals surface area contributed by atoms with Crippen LogP contribution >= 0.6 is 31.9 Å². The largest absolute Gasteiger partial charge is 1.00 e. The van der Waals surface area contributed by atoms with Crippen molar-refractivity contribution >= 4 is 44.3 Å². The molecule has 0 aliphatic heterocycles. The Labute approximate surface area is 133 Å². The van der Waals surface area contributed by atoms with E-state index in [2.05, 4.69) is 31.9 Å². The van der Waals surface area contributed by atoms with Gasteiger partial charge in [-0.15, -0.1) is 0 Å². The average Bonchev–Trinajstić information content (AvgIpc) is 1.82. The van der Waals surface area contributed by atoms with Gasteiger partial charge in [0.2, 0.25) is 0 Å². The monoisotopic (exact) mass is 340 g/mol. The molecule has 0 saturated heterocycles. The second kappa shape index (κ2) is 5.67. The molecule has 0 bridgehead atoms. The van der Waals surface area contributed by atoms with Crippen molar-refractivity contribution in [2.75, 3.05) is 0 Å². The van der Waals surface area contributed by atoms with E-state index in [9.17, 15) is 12.9 Å². The average molecular weight is 342 g/mol. The molecule has 66 valence electrons. The van der Waals surface area contributed by atoms with E-state index in [4.69, 9.17) is 0 Å². The van der Waals surface area contributed by atoms with Crippen LogP contribution in [0.3, 0.4) is 0 Å². The summed E-state index contributed by atoms with van der Waals surface area (Å²) in [6, 6.07) is 4.28. The normalized spacial score (nSPS) is 10.8. The molecule has 0 fully saturated rings. The number of hydrogen-bond donors (Lipinski definition) is 0. The SMILES string of the molecule is F[B-](F)(F)c1c(Br)cccc1Br.[K+]. The van der Waals surface area contributed by atoms with Crippen LogP contribution in [0.4, 0.5) is 12.9 Å².